The summed E-state index contributed by atoms with van der Waals surface area (Å²) in [7, 11) is 0. The predicted octanol–water partition coefficient (Wildman–Crippen LogP) is 1.80. The van der Waals surface area contributed by atoms with Crippen LogP contribution in [-0.4, -0.2) is 22.6 Å². The average Bonchev–Trinajstić information content (AvgIpc) is 2.74. The molecule has 0 unspecified atom stereocenters. The van der Waals surface area contributed by atoms with E-state index in [1.54, 1.807) is 24.4 Å². The zero-order chi connectivity index (χ0) is 11.8. The van der Waals surface area contributed by atoms with Crippen LogP contribution in [0, 0.1) is 0 Å². The lowest BCUT2D eigenvalue weighted by molar-refractivity contribution is -0.0711. The first-order valence-corrected chi connectivity index (χ1v) is 4.86. The third-order valence-electron chi connectivity index (χ3n) is 2.60. The van der Waals surface area contributed by atoms with Crippen molar-refractivity contribution in [2.45, 2.75) is 12.0 Å². The normalized spacial score (nSPS) is 14.2. The molecule has 0 saturated carbocycles. The van der Waals surface area contributed by atoms with E-state index in [0.717, 1.165) is 10.9 Å². The molecule has 0 fully saturated rings. The number of aliphatic hydroxyl groups excluding tert-OH is 1. The first-order valence-electron chi connectivity index (χ1n) is 4.86. The number of fused-ring (bicyclic) bond motifs is 1. The van der Waals surface area contributed by atoms with Crippen molar-refractivity contribution in [3.05, 3.63) is 36.0 Å². The van der Waals surface area contributed by atoms with Crippen LogP contribution in [0.2, 0.25) is 0 Å². The number of hydrogen-bond acceptors (Lipinski definition) is 2. The second-order valence-corrected chi connectivity index (χ2v) is 3.72. The smallest absolute Gasteiger partial charge is 0.289 e. The highest BCUT2D eigenvalue weighted by Crippen LogP contribution is 2.30. The van der Waals surface area contributed by atoms with E-state index in [-0.39, 0.29) is 0 Å². The van der Waals surface area contributed by atoms with Gasteiger partial charge in [0.2, 0.25) is 0 Å². The number of hydrogen-bond donors (Lipinski definition) is 3. The fraction of sp³-hybridized carbons (Fsp3) is 0.273. The summed E-state index contributed by atoms with van der Waals surface area (Å²) in [6.45, 7) is -1.25. The number of nitrogens with one attached hydrogen (secondary N) is 1. The quantitative estimate of drug-likeness (QED) is 0.747. The first kappa shape index (κ1) is 11.0. The molecule has 0 aliphatic rings. The van der Waals surface area contributed by atoms with Crippen LogP contribution in [0.15, 0.2) is 30.5 Å². The van der Waals surface area contributed by atoms with Crippen LogP contribution in [0.5, 0.6) is 0 Å². The largest absolute Gasteiger partial charge is 0.390 e. The fourth-order valence-electron chi connectivity index (χ4n) is 1.61. The standard InChI is InChI=1S/C11H12F2N2O/c12-11(13,6-16)10(14)8-1-2-9-7(5-8)3-4-15-9/h1-5,10,15-16H,6,14H2/t10-/m1/s1. The highest BCUT2D eigenvalue weighted by atomic mass is 19.3. The average molecular weight is 226 g/mol. The van der Waals surface area contributed by atoms with Gasteiger partial charge in [-0.2, -0.15) is 0 Å². The molecule has 1 atom stereocenters. The summed E-state index contributed by atoms with van der Waals surface area (Å²) in [5.74, 6) is -3.30. The molecular weight excluding hydrogens is 214 g/mol. The van der Waals surface area contributed by atoms with Gasteiger partial charge in [0.05, 0.1) is 6.04 Å². The minimum absolute atomic E-state index is 0.311. The summed E-state index contributed by atoms with van der Waals surface area (Å²) in [5, 5.41) is 9.38. The number of rotatable bonds is 3. The summed E-state index contributed by atoms with van der Waals surface area (Å²) in [6.07, 6.45) is 1.73. The lowest BCUT2D eigenvalue weighted by Crippen LogP contribution is -2.36. The number of nitrogens with two attached hydrogens (primary N) is 1. The molecule has 2 rings (SSSR count). The van der Waals surface area contributed by atoms with Crippen LogP contribution in [0.1, 0.15) is 11.6 Å². The number of H-pyrrole nitrogens is 1. The zero-order valence-electron chi connectivity index (χ0n) is 8.45. The molecule has 0 bridgehead atoms. The van der Waals surface area contributed by atoms with Crippen molar-refractivity contribution in [1.29, 1.82) is 0 Å². The number of aromatic nitrogens is 1. The fourth-order valence-corrected chi connectivity index (χ4v) is 1.61. The first-order chi connectivity index (χ1) is 7.54. The minimum atomic E-state index is -3.30. The Bertz CT molecular complexity index is 495. The van der Waals surface area contributed by atoms with Crippen LogP contribution in [0.3, 0.4) is 0 Å². The van der Waals surface area contributed by atoms with E-state index in [2.05, 4.69) is 4.98 Å². The van der Waals surface area contributed by atoms with Gasteiger partial charge in [0.1, 0.15) is 6.61 Å². The molecule has 0 saturated heterocycles. The van der Waals surface area contributed by atoms with Gasteiger partial charge in [0.25, 0.3) is 5.92 Å². The summed E-state index contributed by atoms with van der Waals surface area (Å²) in [6, 6.07) is 5.12. The van der Waals surface area contributed by atoms with E-state index < -0.39 is 18.6 Å². The highest BCUT2D eigenvalue weighted by Gasteiger charge is 2.37. The van der Waals surface area contributed by atoms with Gasteiger partial charge in [0.15, 0.2) is 0 Å². The second kappa shape index (κ2) is 3.84. The highest BCUT2D eigenvalue weighted by molar-refractivity contribution is 5.80. The van der Waals surface area contributed by atoms with Gasteiger partial charge in [0, 0.05) is 11.7 Å². The van der Waals surface area contributed by atoms with Gasteiger partial charge in [-0.25, -0.2) is 8.78 Å². The summed E-state index contributed by atoms with van der Waals surface area (Å²) in [5.41, 5.74) is 6.60. The number of benzene rings is 1. The van der Waals surface area contributed by atoms with Gasteiger partial charge in [-0.3, -0.25) is 0 Å². The Morgan fingerprint density at radius 2 is 2.12 bits per heavy atom. The van der Waals surface area contributed by atoms with E-state index in [1.165, 1.54) is 6.07 Å². The summed E-state index contributed by atoms with van der Waals surface area (Å²) < 4.78 is 26.4. The molecule has 16 heavy (non-hydrogen) atoms. The van der Waals surface area contributed by atoms with E-state index >= 15 is 0 Å². The van der Waals surface area contributed by atoms with Gasteiger partial charge in [-0.15, -0.1) is 0 Å². The Balaban J connectivity index is 2.39. The molecule has 0 spiro atoms. The molecule has 0 radical (unpaired) electrons. The van der Waals surface area contributed by atoms with E-state index in [4.69, 9.17) is 10.8 Å². The van der Waals surface area contributed by atoms with Crippen molar-refractivity contribution in [3.8, 4) is 0 Å². The van der Waals surface area contributed by atoms with Crippen LogP contribution in [0.4, 0.5) is 8.78 Å². The second-order valence-electron chi connectivity index (χ2n) is 3.72. The molecular formula is C11H12F2N2O. The number of aliphatic hydroxyl groups is 1. The Labute approximate surface area is 90.9 Å². The molecule has 1 heterocycles. The molecule has 86 valence electrons. The van der Waals surface area contributed by atoms with E-state index in [9.17, 15) is 8.78 Å². The van der Waals surface area contributed by atoms with Crippen LogP contribution >= 0.6 is 0 Å². The Morgan fingerprint density at radius 3 is 2.81 bits per heavy atom. The van der Waals surface area contributed by atoms with Crippen molar-refractivity contribution < 1.29 is 13.9 Å². The lowest BCUT2D eigenvalue weighted by atomic mass is 10.0. The summed E-state index contributed by atoms with van der Waals surface area (Å²) in [4.78, 5) is 2.96. The third kappa shape index (κ3) is 1.79. The number of aromatic amines is 1. The Hall–Kier alpha value is -1.46. The van der Waals surface area contributed by atoms with E-state index in [1.807, 2.05) is 0 Å². The molecule has 4 N–H and O–H groups in total. The minimum Gasteiger partial charge on any atom is -0.390 e. The van der Waals surface area contributed by atoms with E-state index in [0.29, 0.717) is 5.56 Å². The zero-order valence-corrected chi connectivity index (χ0v) is 8.45. The Morgan fingerprint density at radius 1 is 1.38 bits per heavy atom. The molecule has 5 heteroatoms. The molecule has 2 aromatic rings. The topological polar surface area (TPSA) is 62.0 Å². The van der Waals surface area contributed by atoms with Gasteiger partial charge < -0.3 is 15.8 Å². The maximum Gasteiger partial charge on any atom is 0.289 e. The molecule has 0 aliphatic heterocycles. The SMILES string of the molecule is N[C@H](c1ccc2[nH]ccc2c1)C(F)(F)CO. The predicted molar refractivity (Wildman–Crippen MR) is 57.3 cm³/mol. The van der Waals surface area contributed by atoms with Gasteiger partial charge in [-0.05, 0) is 29.1 Å². The number of alkyl halides is 2. The number of halogens is 2. The summed E-state index contributed by atoms with van der Waals surface area (Å²) >= 11 is 0. The molecule has 0 amide bonds. The van der Waals surface area contributed by atoms with Crippen LogP contribution < -0.4 is 5.73 Å². The van der Waals surface area contributed by atoms with Gasteiger partial charge >= 0.3 is 0 Å². The molecule has 1 aromatic carbocycles. The molecule has 0 aliphatic carbocycles. The van der Waals surface area contributed by atoms with Crippen molar-refractivity contribution >= 4 is 10.9 Å². The lowest BCUT2D eigenvalue weighted by Gasteiger charge is -2.21. The Kier molecular flexibility index (Phi) is 2.65. The third-order valence-corrected chi connectivity index (χ3v) is 2.60. The maximum atomic E-state index is 13.2. The van der Waals surface area contributed by atoms with Crippen LogP contribution in [0.25, 0.3) is 10.9 Å². The maximum absolute atomic E-state index is 13.2. The van der Waals surface area contributed by atoms with Crippen molar-refractivity contribution in [3.63, 3.8) is 0 Å². The molecule has 3 nitrogen and oxygen atoms in total. The monoisotopic (exact) mass is 226 g/mol. The van der Waals surface area contributed by atoms with Crippen molar-refractivity contribution in [2.24, 2.45) is 5.73 Å². The van der Waals surface area contributed by atoms with Gasteiger partial charge in [-0.1, -0.05) is 6.07 Å². The molecule has 1 aromatic heterocycles. The van der Waals surface area contributed by atoms with Crippen molar-refractivity contribution in [2.75, 3.05) is 6.61 Å². The van der Waals surface area contributed by atoms with Crippen LogP contribution in [-0.2, 0) is 0 Å². The van der Waals surface area contributed by atoms with Crippen molar-refractivity contribution in [1.82, 2.24) is 4.98 Å².